The fourth-order valence-electron chi connectivity index (χ4n) is 1.33. The van der Waals surface area contributed by atoms with Gasteiger partial charge in [-0.1, -0.05) is 20.3 Å². The Kier molecular flexibility index (Phi) is 6.03. The summed E-state index contributed by atoms with van der Waals surface area (Å²) in [5.41, 5.74) is 0. The number of rotatable bonds is 8. The molecule has 0 aliphatic heterocycles. The Morgan fingerprint density at radius 1 is 1.56 bits per heavy atom. The summed E-state index contributed by atoms with van der Waals surface area (Å²) in [6, 6.07) is 0. The molecule has 1 heterocycles. The molecule has 5 nitrogen and oxygen atoms in total. The van der Waals surface area contributed by atoms with Crippen LogP contribution < -0.4 is 5.32 Å². The average molecular weight is 226 g/mol. The summed E-state index contributed by atoms with van der Waals surface area (Å²) in [6.07, 6.45) is 2.97. The summed E-state index contributed by atoms with van der Waals surface area (Å²) in [5.74, 6) is 1.50. The van der Waals surface area contributed by atoms with Crippen molar-refractivity contribution >= 4 is 0 Å². The van der Waals surface area contributed by atoms with Crippen molar-refractivity contribution in [3.8, 4) is 0 Å². The Hall–Kier alpha value is -0.940. The summed E-state index contributed by atoms with van der Waals surface area (Å²) in [6.45, 7) is 7.61. The average Bonchev–Trinajstić information content (AvgIpc) is 2.72. The van der Waals surface area contributed by atoms with Crippen LogP contribution in [0.25, 0.3) is 0 Å². The van der Waals surface area contributed by atoms with Crippen molar-refractivity contribution < 1.29 is 4.74 Å². The van der Waals surface area contributed by atoms with Gasteiger partial charge in [-0.05, 0) is 5.92 Å². The minimum Gasteiger partial charge on any atom is -0.383 e. The molecule has 0 fully saturated rings. The summed E-state index contributed by atoms with van der Waals surface area (Å²) >= 11 is 0. The van der Waals surface area contributed by atoms with Gasteiger partial charge < -0.3 is 10.1 Å². The standard InChI is InChI=1S/C11H22N4O/c1-4-10(2)8-15-9-13-11(14-15)7-12-5-6-16-3/h9-10,12H,4-8H2,1-3H3. The molecule has 1 aromatic heterocycles. The second-order valence-corrected chi connectivity index (χ2v) is 4.07. The quantitative estimate of drug-likeness (QED) is 0.673. The molecule has 0 spiro atoms. The van der Waals surface area contributed by atoms with E-state index in [2.05, 4.69) is 29.2 Å². The van der Waals surface area contributed by atoms with Gasteiger partial charge >= 0.3 is 0 Å². The van der Waals surface area contributed by atoms with Crippen LogP contribution in [-0.4, -0.2) is 35.0 Å². The smallest absolute Gasteiger partial charge is 0.164 e. The van der Waals surface area contributed by atoms with Crippen molar-refractivity contribution in [2.24, 2.45) is 5.92 Å². The SMILES string of the molecule is CCC(C)Cn1cnc(CNCCOC)n1. The lowest BCUT2D eigenvalue weighted by Crippen LogP contribution is -2.19. The summed E-state index contributed by atoms with van der Waals surface area (Å²) in [7, 11) is 1.70. The number of hydrogen-bond donors (Lipinski definition) is 1. The van der Waals surface area contributed by atoms with Crippen LogP contribution in [0.15, 0.2) is 6.33 Å². The molecule has 1 unspecified atom stereocenters. The highest BCUT2D eigenvalue weighted by atomic mass is 16.5. The molecule has 0 aromatic carbocycles. The second kappa shape index (κ2) is 7.35. The van der Waals surface area contributed by atoms with Gasteiger partial charge in [0.25, 0.3) is 0 Å². The molecule has 1 atom stereocenters. The molecule has 0 bridgehead atoms. The van der Waals surface area contributed by atoms with Gasteiger partial charge in [-0.25, -0.2) is 4.98 Å². The van der Waals surface area contributed by atoms with Crippen molar-refractivity contribution in [3.05, 3.63) is 12.2 Å². The number of aromatic nitrogens is 3. The largest absolute Gasteiger partial charge is 0.383 e. The zero-order valence-corrected chi connectivity index (χ0v) is 10.4. The van der Waals surface area contributed by atoms with Crippen molar-refractivity contribution in [2.45, 2.75) is 33.4 Å². The third kappa shape index (κ3) is 4.72. The Bertz CT molecular complexity index is 287. The van der Waals surface area contributed by atoms with Crippen LogP contribution in [0.1, 0.15) is 26.1 Å². The van der Waals surface area contributed by atoms with E-state index in [1.165, 1.54) is 6.42 Å². The van der Waals surface area contributed by atoms with Gasteiger partial charge in [0, 0.05) is 20.2 Å². The summed E-state index contributed by atoms with van der Waals surface area (Å²) < 4.78 is 6.86. The highest BCUT2D eigenvalue weighted by Crippen LogP contribution is 2.03. The molecule has 92 valence electrons. The van der Waals surface area contributed by atoms with Crippen LogP contribution in [0.3, 0.4) is 0 Å². The lowest BCUT2D eigenvalue weighted by Gasteiger charge is -2.06. The highest BCUT2D eigenvalue weighted by Gasteiger charge is 2.03. The normalized spacial score (nSPS) is 12.9. The number of nitrogens with zero attached hydrogens (tertiary/aromatic N) is 3. The predicted octanol–water partition coefficient (Wildman–Crippen LogP) is 1.06. The second-order valence-electron chi connectivity index (χ2n) is 4.07. The molecule has 0 aliphatic rings. The van der Waals surface area contributed by atoms with Crippen LogP contribution >= 0.6 is 0 Å². The molecule has 0 saturated heterocycles. The van der Waals surface area contributed by atoms with Crippen LogP contribution in [0.5, 0.6) is 0 Å². The third-order valence-corrected chi connectivity index (χ3v) is 2.55. The minimum atomic E-state index is 0.649. The first-order valence-electron chi connectivity index (χ1n) is 5.84. The molecular formula is C11H22N4O. The van der Waals surface area contributed by atoms with Crippen LogP contribution in [0, 0.1) is 5.92 Å². The summed E-state index contributed by atoms with van der Waals surface area (Å²) in [5, 5.41) is 7.62. The Labute approximate surface area is 97.2 Å². The van der Waals surface area contributed by atoms with E-state index in [4.69, 9.17) is 4.74 Å². The monoisotopic (exact) mass is 226 g/mol. The van der Waals surface area contributed by atoms with Gasteiger partial charge in [0.15, 0.2) is 5.82 Å². The van der Waals surface area contributed by atoms with Gasteiger partial charge in [0.2, 0.25) is 0 Å². The lowest BCUT2D eigenvalue weighted by molar-refractivity contribution is 0.199. The number of ether oxygens (including phenoxy) is 1. The van der Waals surface area contributed by atoms with Gasteiger partial charge in [-0.15, -0.1) is 0 Å². The van der Waals surface area contributed by atoms with E-state index in [1.54, 1.807) is 13.4 Å². The van der Waals surface area contributed by atoms with Crippen molar-refractivity contribution in [2.75, 3.05) is 20.3 Å². The van der Waals surface area contributed by atoms with Crippen LogP contribution in [-0.2, 0) is 17.8 Å². The zero-order valence-electron chi connectivity index (χ0n) is 10.4. The van der Waals surface area contributed by atoms with Crippen molar-refractivity contribution in [3.63, 3.8) is 0 Å². The van der Waals surface area contributed by atoms with Gasteiger partial charge in [-0.2, -0.15) is 5.10 Å². The molecule has 0 radical (unpaired) electrons. The van der Waals surface area contributed by atoms with E-state index in [-0.39, 0.29) is 0 Å². The van der Waals surface area contributed by atoms with E-state index in [1.807, 2.05) is 4.68 Å². The van der Waals surface area contributed by atoms with Gasteiger partial charge in [0.05, 0.1) is 13.2 Å². The summed E-state index contributed by atoms with van der Waals surface area (Å²) in [4.78, 5) is 4.25. The van der Waals surface area contributed by atoms with E-state index >= 15 is 0 Å². The highest BCUT2D eigenvalue weighted by molar-refractivity contribution is 4.80. The third-order valence-electron chi connectivity index (χ3n) is 2.55. The Morgan fingerprint density at radius 2 is 2.38 bits per heavy atom. The minimum absolute atomic E-state index is 0.649. The maximum absolute atomic E-state index is 4.94. The van der Waals surface area contributed by atoms with Crippen molar-refractivity contribution in [1.82, 2.24) is 20.1 Å². The Morgan fingerprint density at radius 3 is 3.06 bits per heavy atom. The first-order valence-corrected chi connectivity index (χ1v) is 5.84. The molecule has 0 aliphatic carbocycles. The lowest BCUT2D eigenvalue weighted by atomic mass is 10.1. The van der Waals surface area contributed by atoms with Crippen LogP contribution in [0.2, 0.25) is 0 Å². The van der Waals surface area contributed by atoms with Crippen LogP contribution in [0.4, 0.5) is 0 Å². The maximum atomic E-state index is 4.94. The van der Waals surface area contributed by atoms with Gasteiger partial charge in [-0.3, -0.25) is 4.68 Å². The first-order chi connectivity index (χ1) is 7.76. The molecule has 0 amide bonds. The number of methoxy groups -OCH3 is 1. The number of nitrogens with one attached hydrogen (secondary N) is 1. The van der Waals surface area contributed by atoms with E-state index < -0.39 is 0 Å². The number of hydrogen-bond acceptors (Lipinski definition) is 4. The van der Waals surface area contributed by atoms with Gasteiger partial charge in [0.1, 0.15) is 6.33 Å². The predicted molar refractivity (Wildman–Crippen MR) is 63.1 cm³/mol. The first kappa shape index (κ1) is 13.1. The molecule has 5 heteroatoms. The maximum Gasteiger partial charge on any atom is 0.164 e. The van der Waals surface area contributed by atoms with E-state index in [0.29, 0.717) is 19.1 Å². The molecule has 1 rings (SSSR count). The van der Waals surface area contributed by atoms with E-state index in [0.717, 1.165) is 18.9 Å². The molecule has 1 N–H and O–H groups in total. The zero-order chi connectivity index (χ0) is 11.8. The molecule has 0 saturated carbocycles. The van der Waals surface area contributed by atoms with E-state index in [9.17, 15) is 0 Å². The Balaban J connectivity index is 2.28. The van der Waals surface area contributed by atoms with Crippen molar-refractivity contribution in [1.29, 1.82) is 0 Å². The fraction of sp³-hybridized carbons (Fsp3) is 0.818. The fourth-order valence-corrected chi connectivity index (χ4v) is 1.33. The molecule has 16 heavy (non-hydrogen) atoms. The molecule has 1 aromatic rings. The topological polar surface area (TPSA) is 52.0 Å². The molecular weight excluding hydrogens is 204 g/mol.